The molecule has 3 N–H and O–H groups in total. The van der Waals surface area contributed by atoms with E-state index in [2.05, 4.69) is 10.3 Å². The van der Waals surface area contributed by atoms with Gasteiger partial charge in [0.15, 0.2) is 0 Å². The Morgan fingerprint density at radius 1 is 1.26 bits per heavy atom. The van der Waals surface area contributed by atoms with Gasteiger partial charge in [0.1, 0.15) is 6.26 Å². The van der Waals surface area contributed by atoms with Gasteiger partial charge in [-0.25, -0.2) is 4.98 Å². The Balaban J connectivity index is 0.00000264. The molecule has 1 aromatic carbocycles. The Kier molecular flexibility index (Phi) is 8.37. The number of carbonyl (C=O) groups is 1. The predicted molar refractivity (Wildman–Crippen MR) is 94.7 cm³/mol. The lowest BCUT2D eigenvalue weighted by molar-refractivity contribution is -0.116. The molecule has 0 unspecified atom stereocenters. The summed E-state index contributed by atoms with van der Waals surface area (Å²) in [7, 11) is 0. The van der Waals surface area contributed by atoms with Gasteiger partial charge in [0, 0.05) is 17.7 Å². The number of halogens is 1. The number of nitrogens with two attached hydrogens (primary N) is 1. The Bertz CT molecular complexity index is 600. The summed E-state index contributed by atoms with van der Waals surface area (Å²) in [5, 5.41) is 2.93. The first-order valence-electron chi connectivity index (χ1n) is 7.71. The van der Waals surface area contributed by atoms with E-state index in [-0.39, 0.29) is 18.3 Å². The van der Waals surface area contributed by atoms with Gasteiger partial charge < -0.3 is 15.5 Å². The minimum absolute atomic E-state index is 0. The fourth-order valence-corrected chi connectivity index (χ4v) is 2.29. The highest BCUT2D eigenvalue weighted by molar-refractivity contribution is 5.91. The number of anilines is 1. The zero-order valence-electron chi connectivity index (χ0n) is 13.4. The van der Waals surface area contributed by atoms with Gasteiger partial charge in [-0.1, -0.05) is 18.9 Å². The number of aromatic nitrogens is 1. The first-order valence-corrected chi connectivity index (χ1v) is 7.71. The number of benzene rings is 1. The van der Waals surface area contributed by atoms with E-state index in [0.29, 0.717) is 12.3 Å². The molecule has 0 saturated heterocycles. The van der Waals surface area contributed by atoms with E-state index < -0.39 is 0 Å². The van der Waals surface area contributed by atoms with E-state index >= 15 is 0 Å². The second-order valence-electron chi connectivity index (χ2n) is 5.37. The van der Waals surface area contributed by atoms with Crippen LogP contribution >= 0.6 is 12.4 Å². The monoisotopic (exact) mass is 337 g/mol. The minimum atomic E-state index is 0. The maximum absolute atomic E-state index is 12.0. The van der Waals surface area contributed by atoms with E-state index in [1.807, 2.05) is 25.1 Å². The number of nitrogens with one attached hydrogen (secondary N) is 1. The molecule has 0 aliphatic rings. The largest absolute Gasteiger partial charge is 0.445 e. The van der Waals surface area contributed by atoms with Crippen LogP contribution in [0, 0.1) is 6.92 Å². The van der Waals surface area contributed by atoms with Crippen LogP contribution in [0.1, 0.15) is 37.7 Å². The number of hydrogen-bond donors (Lipinski definition) is 2. The standard InChI is InChI=1S/C17H23N3O2.ClH/c1-13-7-8-14(12-15(13)17-19-10-11-22-17)20-16(21)6-4-2-3-5-9-18;/h7-8,10-12H,2-6,9,18H2,1H3,(H,20,21);1H. The lowest BCUT2D eigenvalue weighted by Crippen LogP contribution is -2.11. The normalized spacial score (nSPS) is 10.2. The van der Waals surface area contributed by atoms with Crippen LogP contribution in [0.2, 0.25) is 0 Å². The number of aryl methyl sites for hydroxylation is 1. The van der Waals surface area contributed by atoms with Crippen molar-refractivity contribution in [3.8, 4) is 11.5 Å². The molecule has 6 heteroatoms. The highest BCUT2D eigenvalue weighted by Gasteiger charge is 2.09. The third-order valence-corrected chi connectivity index (χ3v) is 3.54. The summed E-state index contributed by atoms with van der Waals surface area (Å²) in [5.41, 5.74) is 8.17. The van der Waals surface area contributed by atoms with Crippen LogP contribution in [0.3, 0.4) is 0 Å². The average molecular weight is 338 g/mol. The summed E-state index contributed by atoms with van der Waals surface area (Å²) >= 11 is 0. The molecule has 126 valence electrons. The van der Waals surface area contributed by atoms with Gasteiger partial charge in [0.05, 0.1) is 6.20 Å². The summed E-state index contributed by atoms with van der Waals surface area (Å²) in [5.74, 6) is 0.602. The first-order chi connectivity index (χ1) is 10.7. The molecule has 0 saturated carbocycles. The Labute approximate surface area is 143 Å². The van der Waals surface area contributed by atoms with Crippen molar-refractivity contribution in [1.82, 2.24) is 4.98 Å². The molecular formula is C17H24ClN3O2. The minimum Gasteiger partial charge on any atom is -0.445 e. The second-order valence-corrected chi connectivity index (χ2v) is 5.37. The van der Waals surface area contributed by atoms with Gasteiger partial charge in [0.25, 0.3) is 0 Å². The number of amides is 1. The molecule has 1 aromatic heterocycles. The number of oxazole rings is 1. The molecule has 0 spiro atoms. The molecule has 0 fully saturated rings. The van der Waals surface area contributed by atoms with Gasteiger partial charge in [-0.3, -0.25) is 4.79 Å². The molecule has 0 aliphatic carbocycles. The Morgan fingerprint density at radius 2 is 2.04 bits per heavy atom. The van der Waals surface area contributed by atoms with E-state index in [1.165, 1.54) is 0 Å². The van der Waals surface area contributed by atoms with Crippen molar-refractivity contribution < 1.29 is 9.21 Å². The zero-order valence-corrected chi connectivity index (χ0v) is 14.2. The smallest absolute Gasteiger partial charge is 0.226 e. The van der Waals surface area contributed by atoms with Crippen molar-refractivity contribution in [2.75, 3.05) is 11.9 Å². The van der Waals surface area contributed by atoms with E-state index in [0.717, 1.165) is 49.0 Å². The average Bonchev–Trinajstić information content (AvgIpc) is 3.03. The second kappa shape index (κ2) is 10.0. The molecule has 0 bridgehead atoms. The third kappa shape index (κ3) is 6.04. The van der Waals surface area contributed by atoms with Crippen LogP contribution in [-0.4, -0.2) is 17.4 Å². The molecular weight excluding hydrogens is 314 g/mol. The van der Waals surface area contributed by atoms with Gasteiger partial charge in [-0.2, -0.15) is 0 Å². The number of nitrogens with zero attached hydrogens (tertiary/aromatic N) is 1. The SMILES string of the molecule is Cc1ccc(NC(=O)CCCCCCN)cc1-c1ncco1.Cl. The quantitative estimate of drug-likeness (QED) is 0.715. The first kappa shape index (κ1) is 19.2. The Morgan fingerprint density at radius 3 is 2.74 bits per heavy atom. The van der Waals surface area contributed by atoms with Gasteiger partial charge in [-0.05, 0) is 44.0 Å². The van der Waals surface area contributed by atoms with Crippen molar-refractivity contribution in [3.05, 3.63) is 36.2 Å². The molecule has 23 heavy (non-hydrogen) atoms. The van der Waals surface area contributed by atoms with Crippen LogP contribution in [0.15, 0.2) is 35.1 Å². The highest BCUT2D eigenvalue weighted by Crippen LogP contribution is 2.25. The van der Waals surface area contributed by atoms with Crippen molar-refractivity contribution in [3.63, 3.8) is 0 Å². The molecule has 2 rings (SSSR count). The molecule has 1 amide bonds. The van der Waals surface area contributed by atoms with Gasteiger partial charge in [0.2, 0.25) is 11.8 Å². The molecule has 5 nitrogen and oxygen atoms in total. The summed E-state index contributed by atoms with van der Waals surface area (Å²) in [6, 6.07) is 5.75. The van der Waals surface area contributed by atoms with Crippen LogP contribution in [-0.2, 0) is 4.79 Å². The van der Waals surface area contributed by atoms with Crippen LogP contribution in [0.5, 0.6) is 0 Å². The van der Waals surface area contributed by atoms with Gasteiger partial charge in [-0.15, -0.1) is 12.4 Å². The lowest BCUT2D eigenvalue weighted by atomic mass is 10.1. The molecule has 1 heterocycles. The van der Waals surface area contributed by atoms with Crippen molar-refractivity contribution in [1.29, 1.82) is 0 Å². The molecule has 0 radical (unpaired) electrons. The summed E-state index contributed by atoms with van der Waals surface area (Å²) in [6.45, 7) is 2.71. The topological polar surface area (TPSA) is 81.2 Å². The lowest BCUT2D eigenvalue weighted by Gasteiger charge is -2.08. The maximum Gasteiger partial charge on any atom is 0.226 e. The summed E-state index contributed by atoms with van der Waals surface area (Å²) < 4.78 is 5.33. The fourth-order valence-electron chi connectivity index (χ4n) is 2.29. The summed E-state index contributed by atoms with van der Waals surface area (Å²) in [4.78, 5) is 16.1. The van der Waals surface area contributed by atoms with E-state index in [1.54, 1.807) is 12.5 Å². The van der Waals surface area contributed by atoms with E-state index in [9.17, 15) is 4.79 Å². The van der Waals surface area contributed by atoms with Crippen LogP contribution in [0.4, 0.5) is 5.69 Å². The predicted octanol–water partition coefficient (Wildman–Crippen LogP) is 3.92. The van der Waals surface area contributed by atoms with E-state index in [4.69, 9.17) is 10.2 Å². The number of unbranched alkanes of at least 4 members (excludes halogenated alkanes) is 3. The van der Waals surface area contributed by atoms with Gasteiger partial charge >= 0.3 is 0 Å². The maximum atomic E-state index is 12.0. The van der Waals surface area contributed by atoms with Crippen molar-refractivity contribution in [2.24, 2.45) is 5.73 Å². The third-order valence-electron chi connectivity index (χ3n) is 3.54. The number of carbonyl (C=O) groups excluding carboxylic acids is 1. The number of hydrogen-bond acceptors (Lipinski definition) is 4. The summed E-state index contributed by atoms with van der Waals surface area (Å²) in [6.07, 6.45) is 7.74. The van der Waals surface area contributed by atoms with Crippen LogP contribution < -0.4 is 11.1 Å². The number of rotatable bonds is 8. The molecule has 0 aliphatic heterocycles. The molecule has 0 atom stereocenters. The Hall–Kier alpha value is -1.85. The van der Waals surface area contributed by atoms with Crippen LogP contribution in [0.25, 0.3) is 11.5 Å². The zero-order chi connectivity index (χ0) is 15.8. The molecule has 2 aromatic rings. The van der Waals surface area contributed by atoms with Crippen molar-refractivity contribution >= 4 is 24.0 Å². The van der Waals surface area contributed by atoms with Crippen molar-refractivity contribution in [2.45, 2.75) is 39.0 Å². The highest BCUT2D eigenvalue weighted by atomic mass is 35.5. The fraction of sp³-hybridized carbons (Fsp3) is 0.412.